The molecule has 6 nitrogen and oxygen atoms in total. The Labute approximate surface area is 85.0 Å². The van der Waals surface area contributed by atoms with E-state index in [1.807, 2.05) is 18.2 Å². The summed E-state index contributed by atoms with van der Waals surface area (Å²) in [7, 11) is 0. The van der Waals surface area contributed by atoms with Crippen LogP contribution in [0, 0.1) is 5.41 Å². The third-order valence-electron chi connectivity index (χ3n) is 1.92. The van der Waals surface area contributed by atoms with Crippen molar-refractivity contribution in [2.45, 2.75) is 0 Å². The van der Waals surface area contributed by atoms with Crippen molar-refractivity contribution >= 4 is 22.5 Å². The quantitative estimate of drug-likeness (QED) is 0.322. The van der Waals surface area contributed by atoms with Gasteiger partial charge in [0.1, 0.15) is 0 Å². The van der Waals surface area contributed by atoms with Gasteiger partial charge in [-0.2, -0.15) is 0 Å². The summed E-state index contributed by atoms with van der Waals surface area (Å²) in [6.07, 6.45) is 0. The highest BCUT2D eigenvalue weighted by atomic mass is 16.3. The Morgan fingerprint density at radius 2 is 2.13 bits per heavy atom. The van der Waals surface area contributed by atoms with Crippen LogP contribution in [0.5, 0.6) is 5.88 Å². The minimum atomic E-state index is -0.403. The molecule has 0 aliphatic carbocycles. The van der Waals surface area contributed by atoms with Crippen molar-refractivity contribution in [1.82, 2.24) is 4.98 Å². The van der Waals surface area contributed by atoms with Gasteiger partial charge in [0.2, 0.25) is 11.8 Å². The number of aromatic hydroxyl groups is 1. The van der Waals surface area contributed by atoms with Crippen LogP contribution in [0.3, 0.4) is 0 Å². The van der Waals surface area contributed by atoms with Gasteiger partial charge in [0.05, 0.1) is 5.52 Å². The first-order valence-electron chi connectivity index (χ1n) is 4.24. The Bertz CT molecular complexity index is 542. The van der Waals surface area contributed by atoms with Crippen LogP contribution in [0.25, 0.3) is 10.9 Å². The number of guanidine groups is 1. The van der Waals surface area contributed by atoms with E-state index in [2.05, 4.69) is 15.2 Å². The lowest BCUT2D eigenvalue weighted by Crippen LogP contribution is -2.03. The summed E-state index contributed by atoms with van der Waals surface area (Å²) < 4.78 is 0. The molecule has 0 amide bonds. The first-order chi connectivity index (χ1) is 7.18. The average molecular weight is 203 g/mol. The zero-order valence-electron chi connectivity index (χ0n) is 7.73. The molecule has 2 rings (SSSR count). The predicted molar refractivity (Wildman–Crippen MR) is 56.4 cm³/mol. The van der Waals surface area contributed by atoms with E-state index in [-0.39, 0.29) is 5.88 Å². The van der Waals surface area contributed by atoms with Crippen LogP contribution < -0.4 is 5.73 Å². The molecule has 1 aromatic heterocycles. The molecule has 76 valence electrons. The Morgan fingerprint density at radius 1 is 1.40 bits per heavy atom. The van der Waals surface area contributed by atoms with E-state index in [1.54, 1.807) is 6.07 Å². The van der Waals surface area contributed by atoms with Crippen LogP contribution in [-0.4, -0.2) is 16.1 Å². The summed E-state index contributed by atoms with van der Waals surface area (Å²) in [6, 6.07) is 7.26. The number of para-hydroxylation sites is 1. The van der Waals surface area contributed by atoms with Crippen LogP contribution in [0.2, 0.25) is 0 Å². The Morgan fingerprint density at radius 3 is 2.87 bits per heavy atom. The molecule has 0 radical (unpaired) electrons. The highest BCUT2D eigenvalue weighted by Crippen LogP contribution is 2.34. The van der Waals surface area contributed by atoms with Gasteiger partial charge in [0.15, 0.2) is 5.69 Å². The lowest BCUT2D eigenvalue weighted by atomic mass is 10.2. The third kappa shape index (κ3) is 1.64. The van der Waals surface area contributed by atoms with Crippen LogP contribution in [0.4, 0.5) is 5.69 Å². The minimum absolute atomic E-state index is 0.0822. The zero-order valence-corrected chi connectivity index (χ0v) is 7.73. The number of fused-ring (bicyclic) bond motifs is 1. The number of hydrogen-bond donors (Lipinski definition) is 4. The van der Waals surface area contributed by atoms with Gasteiger partial charge in [-0.25, -0.2) is 0 Å². The van der Waals surface area contributed by atoms with E-state index in [4.69, 9.17) is 11.1 Å². The zero-order chi connectivity index (χ0) is 10.8. The summed E-state index contributed by atoms with van der Waals surface area (Å²) in [6.45, 7) is 0. The Kier molecular flexibility index (Phi) is 2.09. The van der Waals surface area contributed by atoms with E-state index in [1.165, 1.54) is 0 Å². The average Bonchev–Trinajstić information content (AvgIpc) is 2.50. The summed E-state index contributed by atoms with van der Waals surface area (Å²) >= 11 is 0. The highest BCUT2D eigenvalue weighted by molar-refractivity contribution is 5.94. The summed E-state index contributed by atoms with van der Waals surface area (Å²) in [5.41, 5.74) is 6.08. The third-order valence-corrected chi connectivity index (χ3v) is 1.92. The molecule has 0 fully saturated rings. The number of aromatic amines is 1. The second-order valence-corrected chi connectivity index (χ2v) is 2.95. The minimum Gasteiger partial charge on any atom is -0.493 e. The highest BCUT2D eigenvalue weighted by Gasteiger charge is 2.08. The molecular formula is C9H9N5O. The normalized spacial score (nSPS) is 11.2. The predicted octanol–water partition coefficient (Wildman–Crippen LogP) is 1.85. The number of nitrogens with zero attached hydrogens (tertiary/aromatic N) is 2. The number of H-pyrrole nitrogens is 1. The second kappa shape index (κ2) is 3.41. The second-order valence-electron chi connectivity index (χ2n) is 2.95. The van der Waals surface area contributed by atoms with Gasteiger partial charge in [-0.1, -0.05) is 18.2 Å². The molecule has 15 heavy (non-hydrogen) atoms. The largest absolute Gasteiger partial charge is 0.493 e. The molecule has 0 bridgehead atoms. The van der Waals surface area contributed by atoms with E-state index in [0.29, 0.717) is 5.69 Å². The molecule has 0 unspecified atom stereocenters. The van der Waals surface area contributed by atoms with Crippen LogP contribution >= 0.6 is 0 Å². The smallest absolute Gasteiger partial charge is 0.232 e. The molecule has 0 atom stereocenters. The molecule has 5 N–H and O–H groups in total. The van der Waals surface area contributed by atoms with Crippen molar-refractivity contribution in [2.24, 2.45) is 16.0 Å². The van der Waals surface area contributed by atoms with Crippen molar-refractivity contribution in [3.8, 4) is 5.88 Å². The van der Waals surface area contributed by atoms with Gasteiger partial charge in [-0.15, -0.1) is 10.2 Å². The van der Waals surface area contributed by atoms with Gasteiger partial charge in [0.25, 0.3) is 0 Å². The van der Waals surface area contributed by atoms with Crippen LogP contribution in [-0.2, 0) is 0 Å². The van der Waals surface area contributed by atoms with Crippen molar-refractivity contribution in [2.75, 3.05) is 0 Å². The lowest BCUT2D eigenvalue weighted by Gasteiger charge is -1.89. The fraction of sp³-hybridized carbons (Fsp3) is 0. The van der Waals surface area contributed by atoms with Gasteiger partial charge < -0.3 is 15.8 Å². The van der Waals surface area contributed by atoms with Gasteiger partial charge in [0, 0.05) is 5.39 Å². The Hall–Kier alpha value is -2.37. The van der Waals surface area contributed by atoms with Gasteiger partial charge in [-0.3, -0.25) is 5.41 Å². The van der Waals surface area contributed by atoms with E-state index < -0.39 is 5.96 Å². The number of aromatic nitrogens is 1. The molecule has 0 saturated carbocycles. The molecule has 2 aromatic rings. The van der Waals surface area contributed by atoms with Crippen molar-refractivity contribution in [1.29, 1.82) is 5.41 Å². The first-order valence-corrected chi connectivity index (χ1v) is 4.24. The number of nitrogens with two attached hydrogens (primary N) is 1. The summed E-state index contributed by atoms with van der Waals surface area (Å²) in [5.74, 6) is -0.485. The number of nitrogens with one attached hydrogen (secondary N) is 2. The molecule has 6 heteroatoms. The lowest BCUT2D eigenvalue weighted by molar-refractivity contribution is 0.459. The molecular weight excluding hydrogens is 194 g/mol. The standard InChI is InChI=1S/C9H9N5O/c10-9(11)14-13-7-5-3-1-2-4-6(5)12-8(7)15/h1-4,12,15H,(H3,10,11)/b14-13+. The maximum atomic E-state index is 9.53. The number of benzene rings is 1. The summed E-state index contributed by atoms with van der Waals surface area (Å²) in [5, 5.41) is 24.2. The molecule has 1 aromatic carbocycles. The van der Waals surface area contributed by atoms with Gasteiger partial charge >= 0.3 is 0 Å². The molecule has 0 aliphatic heterocycles. The maximum absolute atomic E-state index is 9.53. The maximum Gasteiger partial charge on any atom is 0.232 e. The SMILES string of the molecule is N=C(N)/N=N/c1c(O)[nH]c2ccccc12. The molecule has 0 aliphatic rings. The van der Waals surface area contributed by atoms with Crippen molar-refractivity contribution in [3.63, 3.8) is 0 Å². The fourth-order valence-electron chi connectivity index (χ4n) is 1.32. The van der Waals surface area contributed by atoms with E-state index >= 15 is 0 Å². The Balaban J connectivity index is 2.59. The van der Waals surface area contributed by atoms with Crippen molar-refractivity contribution < 1.29 is 5.11 Å². The number of rotatable bonds is 1. The topological polar surface area (TPSA) is 111 Å². The molecule has 0 spiro atoms. The number of azo groups is 1. The van der Waals surface area contributed by atoms with Crippen LogP contribution in [0.1, 0.15) is 0 Å². The fourth-order valence-corrected chi connectivity index (χ4v) is 1.32. The monoisotopic (exact) mass is 203 g/mol. The van der Waals surface area contributed by atoms with Crippen LogP contribution in [0.15, 0.2) is 34.5 Å². The van der Waals surface area contributed by atoms with E-state index in [9.17, 15) is 5.11 Å². The van der Waals surface area contributed by atoms with Crippen molar-refractivity contribution in [3.05, 3.63) is 24.3 Å². The first kappa shape index (κ1) is 9.20. The van der Waals surface area contributed by atoms with Gasteiger partial charge in [-0.05, 0) is 6.07 Å². The van der Waals surface area contributed by atoms with E-state index in [0.717, 1.165) is 10.9 Å². The summed E-state index contributed by atoms with van der Waals surface area (Å²) in [4.78, 5) is 2.74. The molecule has 0 saturated heterocycles. The molecule has 1 heterocycles. The number of hydrogen-bond acceptors (Lipinski definition) is 3.